The van der Waals surface area contributed by atoms with Gasteiger partial charge in [-0.1, -0.05) is 41.6 Å². The van der Waals surface area contributed by atoms with Crippen molar-refractivity contribution in [2.45, 2.75) is 10.4 Å². The van der Waals surface area contributed by atoms with Crippen molar-refractivity contribution < 1.29 is 24.0 Å². The highest BCUT2D eigenvalue weighted by Gasteiger charge is 2.13. The lowest BCUT2D eigenvalue weighted by atomic mass is 10.1. The molecule has 80 valence electrons. The second kappa shape index (κ2) is 6.18. The van der Waals surface area contributed by atoms with E-state index in [-0.39, 0.29) is 24.0 Å². The molecule has 15 heavy (non-hydrogen) atoms. The highest BCUT2D eigenvalue weighted by molar-refractivity contribution is 8.02. The Bertz CT molecular complexity index is 420. The van der Waals surface area contributed by atoms with Gasteiger partial charge in [0.15, 0.2) is 4.88 Å². The minimum Gasteiger partial charge on any atom is -1.00 e. The van der Waals surface area contributed by atoms with Gasteiger partial charge in [-0.15, -0.1) is 0 Å². The first-order valence-electron chi connectivity index (χ1n) is 4.32. The molecule has 0 radical (unpaired) electrons. The third kappa shape index (κ3) is 3.41. The highest BCUT2D eigenvalue weighted by Crippen LogP contribution is 2.36. The molecule has 2 aromatic rings. The average Bonchev–Trinajstić information content (AvgIpc) is 2.67. The fourth-order valence-corrected chi connectivity index (χ4v) is 4.02. The van der Waals surface area contributed by atoms with E-state index in [2.05, 4.69) is 42.8 Å². The van der Waals surface area contributed by atoms with E-state index in [1.54, 1.807) is 0 Å². The molecule has 1 aromatic carbocycles. The van der Waals surface area contributed by atoms with Crippen molar-refractivity contribution in [1.29, 1.82) is 0 Å². The lowest BCUT2D eigenvalue weighted by Gasteiger charge is -1.92. The van der Waals surface area contributed by atoms with Crippen LogP contribution in [0.1, 0.15) is 5.56 Å². The Morgan fingerprint density at radius 1 is 1.20 bits per heavy atom. The SMILES string of the molecule is CSc1sc(-c2ccc(C)cc2)c[s+]1.[I-]. The van der Waals surface area contributed by atoms with Crippen LogP contribution in [0, 0.1) is 6.92 Å². The zero-order chi connectivity index (χ0) is 9.97. The van der Waals surface area contributed by atoms with Gasteiger partial charge in [-0.3, -0.25) is 0 Å². The summed E-state index contributed by atoms with van der Waals surface area (Å²) in [6, 6.07) is 8.72. The molecule has 0 nitrogen and oxygen atoms in total. The number of hydrogen-bond donors (Lipinski definition) is 0. The smallest absolute Gasteiger partial charge is 0.312 e. The van der Waals surface area contributed by atoms with Gasteiger partial charge in [0.05, 0.1) is 11.3 Å². The zero-order valence-electron chi connectivity index (χ0n) is 8.49. The molecule has 2 rings (SSSR count). The number of benzene rings is 1. The van der Waals surface area contributed by atoms with E-state index in [4.69, 9.17) is 0 Å². The monoisotopic (exact) mass is 366 g/mol. The molecule has 0 fully saturated rings. The second-order valence-corrected chi connectivity index (χ2v) is 6.55. The second-order valence-electron chi connectivity index (χ2n) is 3.02. The molecule has 0 saturated carbocycles. The summed E-state index contributed by atoms with van der Waals surface area (Å²) < 4.78 is 1.42. The maximum Gasteiger partial charge on any atom is 0.312 e. The molecule has 1 heterocycles. The number of aryl methyl sites for hydroxylation is 1. The van der Waals surface area contributed by atoms with Crippen molar-refractivity contribution >= 4 is 34.4 Å². The quantitative estimate of drug-likeness (QED) is 0.444. The fourth-order valence-electron chi connectivity index (χ4n) is 1.17. The van der Waals surface area contributed by atoms with Gasteiger partial charge in [-0.2, -0.15) is 0 Å². The van der Waals surface area contributed by atoms with Crippen LogP contribution in [0.4, 0.5) is 0 Å². The Balaban J connectivity index is 0.00000112. The summed E-state index contributed by atoms with van der Waals surface area (Å²) in [5.41, 5.74) is 2.65. The molecule has 0 bridgehead atoms. The number of hydrogen-bond acceptors (Lipinski definition) is 2. The van der Waals surface area contributed by atoms with Crippen molar-refractivity contribution in [3.63, 3.8) is 0 Å². The minimum atomic E-state index is 0. The molecule has 0 aliphatic rings. The van der Waals surface area contributed by atoms with Crippen LogP contribution in [0.15, 0.2) is 33.2 Å². The Morgan fingerprint density at radius 2 is 1.87 bits per heavy atom. The van der Waals surface area contributed by atoms with E-state index < -0.39 is 0 Å². The summed E-state index contributed by atoms with van der Waals surface area (Å²) >= 11 is 5.53. The largest absolute Gasteiger partial charge is 1.00 e. The van der Waals surface area contributed by atoms with E-state index in [1.807, 2.05) is 34.4 Å². The predicted octanol–water partition coefficient (Wildman–Crippen LogP) is 1.79. The van der Waals surface area contributed by atoms with Crippen LogP contribution in [0.5, 0.6) is 0 Å². The van der Waals surface area contributed by atoms with Crippen molar-refractivity contribution in [2.24, 2.45) is 0 Å². The molecular formula is C11H11IS3. The topological polar surface area (TPSA) is 0 Å². The van der Waals surface area contributed by atoms with Gasteiger partial charge in [-0.05, 0) is 13.2 Å². The standard InChI is InChI=1S/C11H11S3.HI/c1-8-3-5-9(6-4-8)10-7-13-11(12-2)14-10;/h3-7H,1-2H3;1H/q+1;/p-1. The third-order valence-corrected chi connectivity index (χ3v) is 5.80. The van der Waals surface area contributed by atoms with Gasteiger partial charge in [0.1, 0.15) is 16.7 Å². The summed E-state index contributed by atoms with van der Waals surface area (Å²) in [6.45, 7) is 2.12. The van der Waals surface area contributed by atoms with Crippen LogP contribution in [-0.4, -0.2) is 6.26 Å². The van der Waals surface area contributed by atoms with Crippen LogP contribution >= 0.6 is 34.4 Å². The van der Waals surface area contributed by atoms with Crippen molar-refractivity contribution in [2.75, 3.05) is 6.26 Å². The number of rotatable bonds is 2. The molecule has 0 spiro atoms. The molecule has 0 N–H and O–H groups in total. The van der Waals surface area contributed by atoms with Crippen LogP contribution in [-0.2, 0) is 0 Å². The first kappa shape index (κ1) is 13.4. The Labute approximate surface area is 120 Å². The number of thioether (sulfide) groups is 1. The Kier molecular flexibility index (Phi) is 5.52. The van der Waals surface area contributed by atoms with Gasteiger partial charge < -0.3 is 24.0 Å². The summed E-state index contributed by atoms with van der Waals surface area (Å²) in [4.78, 5) is 1.37. The molecular weight excluding hydrogens is 355 g/mol. The van der Waals surface area contributed by atoms with E-state index in [9.17, 15) is 0 Å². The molecule has 4 heteroatoms. The van der Waals surface area contributed by atoms with Crippen molar-refractivity contribution in [1.82, 2.24) is 0 Å². The maximum atomic E-state index is 2.24. The maximum absolute atomic E-state index is 2.24. The molecule has 0 aliphatic heterocycles. The first-order chi connectivity index (χ1) is 6.79. The highest BCUT2D eigenvalue weighted by atomic mass is 127. The van der Waals surface area contributed by atoms with Gasteiger partial charge in [0.2, 0.25) is 0 Å². The summed E-state index contributed by atoms with van der Waals surface area (Å²) in [6.07, 6.45) is 2.13. The lowest BCUT2D eigenvalue weighted by molar-refractivity contribution is -0.00000272. The fraction of sp³-hybridized carbons (Fsp3) is 0.182. The van der Waals surface area contributed by atoms with Gasteiger partial charge >= 0.3 is 3.52 Å². The normalized spacial score (nSPS) is 9.73. The Hall–Kier alpha value is 0.350. The van der Waals surface area contributed by atoms with Crippen molar-refractivity contribution in [3.05, 3.63) is 35.2 Å². The molecule has 0 amide bonds. The van der Waals surface area contributed by atoms with Crippen molar-refractivity contribution in [3.8, 4) is 10.4 Å². The van der Waals surface area contributed by atoms with E-state index >= 15 is 0 Å². The minimum absolute atomic E-state index is 0. The summed E-state index contributed by atoms with van der Waals surface area (Å²) in [5, 5.41) is 2.24. The lowest BCUT2D eigenvalue weighted by Crippen LogP contribution is -3.00. The Morgan fingerprint density at radius 3 is 2.40 bits per heavy atom. The van der Waals surface area contributed by atoms with E-state index in [1.165, 1.54) is 19.5 Å². The molecule has 0 saturated heterocycles. The van der Waals surface area contributed by atoms with Gasteiger partial charge in [0.25, 0.3) is 0 Å². The van der Waals surface area contributed by atoms with Crippen LogP contribution in [0.2, 0.25) is 0 Å². The first-order valence-corrected chi connectivity index (χ1v) is 7.24. The van der Waals surface area contributed by atoms with Crippen LogP contribution in [0.3, 0.4) is 0 Å². The van der Waals surface area contributed by atoms with Crippen LogP contribution < -0.4 is 24.0 Å². The molecule has 0 aliphatic carbocycles. The average molecular weight is 366 g/mol. The summed E-state index contributed by atoms with van der Waals surface area (Å²) in [7, 11) is 0. The molecule has 0 unspecified atom stereocenters. The third-order valence-electron chi connectivity index (χ3n) is 1.96. The van der Waals surface area contributed by atoms with E-state index in [0.29, 0.717) is 0 Å². The number of halogens is 1. The zero-order valence-corrected chi connectivity index (χ0v) is 13.1. The van der Waals surface area contributed by atoms with Gasteiger partial charge in [0, 0.05) is 5.56 Å². The van der Waals surface area contributed by atoms with Gasteiger partial charge in [-0.25, -0.2) is 0 Å². The van der Waals surface area contributed by atoms with Crippen LogP contribution in [0.25, 0.3) is 10.4 Å². The summed E-state index contributed by atoms with van der Waals surface area (Å²) in [5.74, 6) is 0. The molecule has 1 aromatic heterocycles. The predicted molar refractivity (Wildman–Crippen MR) is 68.6 cm³/mol. The molecule has 0 atom stereocenters. The van der Waals surface area contributed by atoms with E-state index in [0.717, 1.165) is 0 Å².